The van der Waals surface area contributed by atoms with Gasteiger partial charge in [0.15, 0.2) is 0 Å². The van der Waals surface area contributed by atoms with Crippen molar-refractivity contribution >= 4 is 22.9 Å². The van der Waals surface area contributed by atoms with Gasteiger partial charge in [-0.25, -0.2) is 0 Å². The number of amides is 1. The van der Waals surface area contributed by atoms with Crippen molar-refractivity contribution in [2.45, 2.75) is 18.9 Å². The van der Waals surface area contributed by atoms with Crippen LogP contribution in [0.5, 0.6) is 0 Å². The van der Waals surface area contributed by atoms with Crippen molar-refractivity contribution in [3.63, 3.8) is 0 Å². The average Bonchev–Trinajstić information content (AvgIpc) is 3.18. The number of hydrogen-bond acceptors (Lipinski definition) is 3. The zero-order valence-electron chi connectivity index (χ0n) is 11.2. The fourth-order valence-electron chi connectivity index (χ4n) is 2.28. The van der Waals surface area contributed by atoms with E-state index >= 15 is 0 Å². The van der Waals surface area contributed by atoms with Crippen LogP contribution in [0, 0.1) is 5.92 Å². The summed E-state index contributed by atoms with van der Waals surface area (Å²) in [6.07, 6.45) is 2.43. The molecule has 2 N–H and O–H groups in total. The lowest BCUT2D eigenvalue weighted by Crippen LogP contribution is -2.34. The molecule has 4 heteroatoms. The number of para-hydroxylation sites is 1. The van der Waals surface area contributed by atoms with E-state index in [9.17, 15) is 4.79 Å². The molecule has 1 aromatic heterocycles. The van der Waals surface area contributed by atoms with Gasteiger partial charge in [0.2, 0.25) is 5.91 Å². The van der Waals surface area contributed by atoms with Crippen molar-refractivity contribution in [2.24, 2.45) is 5.92 Å². The third kappa shape index (κ3) is 3.39. The summed E-state index contributed by atoms with van der Waals surface area (Å²) in [6.45, 7) is 0.318. The van der Waals surface area contributed by atoms with Crippen molar-refractivity contribution in [3.05, 3.63) is 52.7 Å². The van der Waals surface area contributed by atoms with E-state index in [-0.39, 0.29) is 11.9 Å². The van der Waals surface area contributed by atoms with E-state index in [0.717, 1.165) is 5.69 Å². The van der Waals surface area contributed by atoms with Gasteiger partial charge in [-0.05, 0) is 42.3 Å². The standard InChI is InChI=1S/C16H18N2OS/c19-15(11-17-13-5-2-1-3-6-13)18-16(12-8-9-12)14-7-4-10-20-14/h1-7,10,12,16-17H,8-9,11H2,(H,18,19). The number of carbonyl (C=O) groups excluding carboxylic acids is 1. The van der Waals surface area contributed by atoms with E-state index in [1.54, 1.807) is 11.3 Å². The Morgan fingerprint density at radius 3 is 2.65 bits per heavy atom. The van der Waals surface area contributed by atoms with Crippen LogP contribution < -0.4 is 10.6 Å². The Balaban J connectivity index is 1.55. The van der Waals surface area contributed by atoms with Crippen molar-refractivity contribution < 1.29 is 4.79 Å². The molecule has 1 fully saturated rings. The van der Waals surface area contributed by atoms with Gasteiger partial charge >= 0.3 is 0 Å². The van der Waals surface area contributed by atoms with E-state index in [2.05, 4.69) is 22.1 Å². The molecule has 3 rings (SSSR count). The minimum Gasteiger partial charge on any atom is -0.376 e. The molecule has 1 unspecified atom stereocenters. The predicted octanol–water partition coefficient (Wildman–Crippen LogP) is 3.43. The van der Waals surface area contributed by atoms with Gasteiger partial charge < -0.3 is 10.6 Å². The van der Waals surface area contributed by atoms with Crippen LogP contribution in [0.2, 0.25) is 0 Å². The molecule has 0 saturated heterocycles. The maximum atomic E-state index is 12.1. The Morgan fingerprint density at radius 1 is 1.20 bits per heavy atom. The van der Waals surface area contributed by atoms with Crippen molar-refractivity contribution in [1.29, 1.82) is 0 Å². The molecule has 1 aliphatic carbocycles. The highest BCUT2D eigenvalue weighted by Gasteiger charge is 2.33. The third-order valence-electron chi connectivity index (χ3n) is 3.49. The molecular weight excluding hydrogens is 268 g/mol. The molecule has 1 atom stereocenters. The molecular formula is C16H18N2OS. The smallest absolute Gasteiger partial charge is 0.239 e. The van der Waals surface area contributed by atoms with Crippen LogP contribution in [0.1, 0.15) is 23.8 Å². The molecule has 1 aromatic carbocycles. The molecule has 0 aliphatic heterocycles. The number of carbonyl (C=O) groups is 1. The Bertz CT molecular complexity index is 549. The molecule has 0 bridgehead atoms. The fraction of sp³-hybridized carbons (Fsp3) is 0.312. The summed E-state index contributed by atoms with van der Waals surface area (Å²) in [5.74, 6) is 0.675. The van der Waals surface area contributed by atoms with E-state index in [4.69, 9.17) is 0 Å². The molecule has 0 spiro atoms. The van der Waals surface area contributed by atoms with Gasteiger partial charge in [-0.2, -0.15) is 0 Å². The van der Waals surface area contributed by atoms with Crippen LogP contribution >= 0.6 is 11.3 Å². The summed E-state index contributed by atoms with van der Waals surface area (Å²) in [4.78, 5) is 13.3. The lowest BCUT2D eigenvalue weighted by molar-refractivity contribution is -0.120. The molecule has 2 aromatic rings. The lowest BCUT2D eigenvalue weighted by Gasteiger charge is -2.17. The molecule has 0 radical (unpaired) electrons. The van der Waals surface area contributed by atoms with Crippen molar-refractivity contribution in [1.82, 2.24) is 5.32 Å². The van der Waals surface area contributed by atoms with E-state index in [1.165, 1.54) is 17.7 Å². The maximum absolute atomic E-state index is 12.1. The summed E-state index contributed by atoms with van der Waals surface area (Å²) in [5, 5.41) is 8.37. The molecule has 1 saturated carbocycles. The first-order valence-electron chi connectivity index (χ1n) is 6.94. The summed E-state index contributed by atoms with van der Waals surface area (Å²) in [6, 6.07) is 14.2. The summed E-state index contributed by atoms with van der Waals surface area (Å²) >= 11 is 1.72. The first-order valence-corrected chi connectivity index (χ1v) is 7.82. The average molecular weight is 286 g/mol. The summed E-state index contributed by atoms with van der Waals surface area (Å²) in [5.41, 5.74) is 0.974. The fourth-order valence-corrected chi connectivity index (χ4v) is 3.15. The van der Waals surface area contributed by atoms with Gasteiger partial charge in [-0.3, -0.25) is 4.79 Å². The largest absolute Gasteiger partial charge is 0.376 e. The minimum atomic E-state index is 0.0548. The third-order valence-corrected chi connectivity index (χ3v) is 4.44. The van der Waals surface area contributed by atoms with E-state index < -0.39 is 0 Å². The van der Waals surface area contributed by atoms with Gasteiger partial charge in [-0.1, -0.05) is 24.3 Å². The highest BCUT2D eigenvalue weighted by atomic mass is 32.1. The van der Waals surface area contributed by atoms with Gasteiger partial charge in [0.05, 0.1) is 12.6 Å². The zero-order valence-corrected chi connectivity index (χ0v) is 12.0. The van der Waals surface area contributed by atoms with Crippen LogP contribution in [-0.4, -0.2) is 12.5 Å². The van der Waals surface area contributed by atoms with Crippen LogP contribution in [0.4, 0.5) is 5.69 Å². The Labute approximate surface area is 123 Å². The molecule has 104 valence electrons. The topological polar surface area (TPSA) is 41.1 Å². The minimum absolute atomic E-state index is 0.0548. The summed E-state index contributed by atoms with van der Waals surface area (Å²) in [7, 11) is 0. The molecule has 1 amide bonds. The predicted molar refractivity (Wildman–Crippen MR) is 82.9 cm³/mol. The molecule has 1 aliphatic rings. The number of hydrogen-bond donors (Lipinski definition) is 2. The van der Waals surface area contributed by atoms with Crippen molar-refractivity contribution in [3.8, 4) is 0 Å². The Hall–Kier alpha value is -1.81. The first-order chi connectivity index (χ1) is 9.83. The van der Waals surface area contributed by atoms with Crippen LogP contribution in [0.3, 0.4) is 0 Å². The van der Waals surface area contributed by atoms with Crippen LogP contribution in [0.25, 0.3) is 0 Å². The van der Waals surface area contributed by atoms with Crippen LogP contribution in [-0.2, 0) is 4.79 Å². The SMILES string of the molecule is O=C(CNc1ccccc1)NC(c1cccs1)C1CC1. The second-order valence-electron chi connectivity index (χ2n) is 5.12. The number of anilines is 1. The highest BCUT2D eigenvalue weighted by Crippen LogP contribution is 2.42. The van der Waals surface area contributed by atoms with Gasteiger partial charge in [0, 0.05) is 10.6 Å². The Morgan fingerprint density at radius 2 is 2.00 bits per heavy atom. The Kier molecular flexibility index (Phi) is 4.02. The first kappa shape index (κ1) is 13.2. The monoisotopic (exact) mass is 286 g/mol. The maximum Gasteiger partial charge on any atom is 0.239 e. The normalized spacial score (nSPS) is 15.6. The van der Waals surface area contributed by atoms with E-state index in [1.807, 2.05) is 36.4 Å². The van der Waals surface area contributed by atoms with Crippen LogP contribution in [0.15, 0.2) is 47.8 Å². The van der Waals surface area contributed by atoms with Gasteiger partial charge in [0.1, 0.15) is 0 Å². The molecule has 20 heavy (non-hydrogen) atoms. The number of nitrogens with one attached hydrogen (secondary N) is 2. The highest BCUT2D eigenvalue weighted by molar-refractivity contribution is 7.10. The van der Waals surface area contributed by atoms with Crippen molar-refractivity contribution in [2.75, 3.05) is 11.9 Å². The number of rotatable bonds is 6. The van der Waals surface area contributed by atoms with E-state index in [0.29, 0.717) is 12.5 Å². The lowest BCUT2D eigenvalue weighted by atomic mass is 10.1. The summed E-state index contributed by atoms with van der Waals surface area (Å²) < 4.78 is 0. The molecule has 3 nitrogen and oxygen atoms in total. The zero-order chi connectivity index (χ0) is 13.8. The quantitative estimate of drug-likeness (QED) is 0.854. The molecule has 1 heterocycles. The van der Waals surface area contributed by atoms with Gasteiger partial charge in [-0.15, -0.1) is 11.3 Å². The second-order valence-corrected chi connectivity index (χ2v) is 6.10. The number of benzene rings is 1. The number of thiophene rings is 1. The van der Waals surface area contributed by atoms with Gasteiger partial charge in [0.25, 0.3) is 0 Å². The second kappa shape index (κ2) is 6.09.